The fraction of sp³-hybridized carbons (Fsp3) is 0.261. The van der Waals surface area contributed by atoms with Crippen LogP contribution in [0, 0.1) is 0 Å². The SMILES string of the molecule is CCc1cc(CC(=O)Cc2cccc(C(F)(F)F)c2)cc(Cl)c1Oc1cc(NC)ncn1. The average Bonchev–Trinajstić information content (AvgIpc) is 2.75. The number of anilines is 1. The van der Waals surface area contributed by atoms with E-state index >= 15 is 0 Å². The van der Waals surface area contributed by atoms with Crippen LogP contribution < -0.4 is 10.1 Å². The molecule has 3 aromatic rings. The molecule has 0 atom stereocenters. The highest BCUT2D eigenvalue weighted by atomic mass is 35.5. The summed E-state index contributed by atoms with van der Waals surface area (Å²) in [7, 11) is 1.72. The quantitative estimate of drug-likeness (QED) is 0.450. The van der Waals surface area contributed by atoms with Crippen LogP contribution in [0.2, 0.25) is 5.02 Å². The monoisotopic (exact) mass is 463 g/mol. The molecule has 0 saturated carbocycles. The highest BCUT2D eigenvalue weighted by Crippen LogP contribution is 2.35. The molecule has 1 heterocycles. The largest absolute Gasteiger partial charge is 0.437 e. The number of hydrogen-bond donors (Lipinski definition) is 1. The van der Waals surface area contributed by atoms with E-state index in [-0.39, 0.29) is 18.6 Å². The van der Waals surface area contributed by atoms with Crippen molar-refractivity contribution in [3.63, 3.8) is 0 Å². The van der Waals surface area contributed by atoms with Crippen molar-refractivity contribution in [2.45, 2.75) is 32.4 Å². The minimum absolute atomic E-state index is 0.0423. The number of nitrogens with zero attached hydrogens (tertiary/aromatic N) is 2. The highest BCUT2D eigenvalue weighted by Gasteiger charge is 2.30. The van der Waals surface area contributed by atoms with Gasteiger partial charge < -0.3 is 10.1 Å². The fourth-order valence-electron chi connectivity index (χ4n) is 3.20. The number of hydrogen-bond acceptors (Lipinski definition) is 5. The van der Waals surface area contributed by atoms with Crippen LogP contribution in [0.4, 0.5) is 19.0 Å². The molecule has 168 valence electrons. The Morgan fingerprint density at radius 1 is 1.09 bits per heavy atom. The molecule has 0 fully saturated rings. The molecule has 9 heteroatoms. The molecule has 2 aromatic carbocycles. The number of rotatable bonds is 8. The van der Waals surface area contributed by atoms with Crippen LogP contribution in [0.3, 0.4) is 0 Å². The van der Waals surface area contributed by atoms with Crippen LogP contribution in [0.25, 0.3) is 0 Å². The number of benzene rings is 2. The third-order valence-corrected chi connectivity index (χ3v) is 5.00. The van der Waals surface area contributed by atoms with Gasteiger partial charge in [-0.1, -0.05) is 42.8 Å². The Labute approximate surface area is 188 Å². The normalized spacial score (nSPS) is 11.3. The van der Waals surface area contributed by atoms with Gasteiger partial charge in [0, 0.05) is 26.0 Å². The zero-order valence-electron chi connectivity index (χ0n) is 17.5. The maximum atomic E-state index is 12.9. The van der Waals surface area contributed by atoms with Crippen LogP contribution in [-0.2, 0) is 30.2 Å². The van der Waals surface area contributed by atoms with E-state index in [4.69, 9.17) is 16.3 Å². The topological polar surface area (TPSA) is 64.1 Å². The molecule has 0 amide bonds. The van der Waals surface area contributed by atoms with E-state index in [0.29, 0.717) is 40.0 Å². The molecule has 0 saturated heterocycles. The number of aryl methyl sites for hydroxylation is 1. The fourth-order valence-corrected chi connectivity index (χ4v) is 3.50. The number of ether oxygens (including phenoxy) is 1. The summed E-state index contributed by atoms with van der Waals surface area (Å²) in [6, 6.07) is 9.86. The van der Waals surface area contributed by atoms with E-state index in [9.17, 15) is 18.0 Å². The first-order valence-electron chi connectivity index (χ1n) is 9.86. The van der Waals surface area contributed by atoms with Crippen LogP contribution in [0.1, 0.15) is 29.2 Å². The first-order chi connectivity index (χ1) is 15.2. The van der Waals surface area contributed by atoms with E-state index < -0.39 is 11.7 Å². The Kier molecular flexibility index (Phi) is 7.35. The molecule has 1 aromatic heterocycles. The molecule has 0 aliphatic rings. The second-order valence-corrected chi connectivity index (χ2v) is 7.51. The van der Waals surface area contributed by atoms with Gasteiger partial charge in [-0.3, -0.25) is 4.79 Å². The molecular formula is C23H21ClF3N3O2. The Bertz CT molecular complexity index is 1120. The first kappa shape index (κ1) is 23.5. The Morgan fingerprint density at radius 2 is 1.84 bits per heavy atom. The zero-order valence-corrected chi connectivity index (χ0v) is 18.2. The van der Waals surface area contributed by atoms with Gasteiger partial charge in [0.15, 0.2) is 5.75 Å². The number of nitrogens with one attached hydrogen (secondary N) is 1. The number of carbonyl (C=O) groups excluding carboxylic acids is 1. The molecule has 0 aliphatic carbocycles. The summed E-state index contributed by atoms with van der Waals surface area (Å²) in [6.07, 6.45) is -2.55. The number of alkyl halides is 3. The molecule has 1 N–H and O–H groups in total. The van der Waals surface area contributed by atoms with Gasteiger partial charge in [-0.15, -0.1) is 0 Å². The predicted octanol–water partition coefficient (Wildman–Crippen LogP) is 5.90. The lowest BCUT2D eigenvalue weighted by atomic mass is 9.99. The lowest BCUT2D eigenvalue weighted by Gasteiger charge is -2.14. The summed E-state index contributed by atoms with van der Waals surface area (Å²) in [5, 5.41) is 3.21. The van der Waals surface area contributed by atoms with Gasteiger partial charge in [0.05, 0.1) is 10.6 Å². The summed E-state index contributed by atoms with van der Waals surface area (Å²) in [5.41, 5.74) is 0.987. The van der Waals surface area contributed by atoms with Crippen molar-refractivity contribution in [3.05, 3.63) is 76.1 Å². The van der Waals surface area contributed by atoms with Crippen LogP contribution >= 0.6 is 11.6 Å². The molecule has 3 rings (SSSR count). The molecule has 5 nitrogen and oxygen atoms in total. The molecule has 0 unspecified atom stereocenters. The Balaban J connectivity index is 1.76. The van der Waals surface area contributed by atoms with E-state index in [1.54, 1.807) is 19.2 Å². The van der Waals surface area contributed by atoms with Crippen molar-refractivity contribution in [2.75, 3.05) is 12.4 Å². The molecule has 32 heavy (non-hydrogen) atoms. The minimum atomic E-state index is -4.45. The first-order valence-corrected chi connectivity index (χ1v) is 10.2. The summed E-state index contributed by atoms with van der Waals surface area (Å²) in [6.45, 7) is 1.92. The standard InChI is InChI=1S/C23H21ClF3N3O2/c1-3-16-7-15(10-18(31)9-14-5-4-6-17(8-14)23(25,26)27)11-19(24)22(16)32-21-12-20(28-2)29-13-30-21/h4-8,11-13H,3,9-10H2,1-2H3,(H,28,29,30). The summed E-state index contributed by atoms with van der Waals surface area (Å²) < 4.78 is 44.5. The summed E-state index contributed by atoms with van der Waals surface area (Å²) >= 11 is 6.43. The Morgan fingerprint density at radius 3 is 2.53 bits per heavy atom. The lowest BCUT2D eigenvalue weighted by Crippen LogP contribution is -2.10. The minimum Gasteiger partial charge on any atom is -0.437 e. The number of ketones is 1. The van der Waals surface area contributed by atoms with Crippen molar-refractivity contribution in [2.24, 2.45) is 0 Å². The Hall–Kier alpha value is -3.13. The van der Waals surface area contributed by atoms with Gasteiger partial charge in [0.1, 0.15) is 17.9 Å². The smallest absolute Gasteiger partial charge is 0.416 e. The van der Waals surface area contributed by atoms with Crippen molar-refractivity contribution >= 4 is 23.2 Å². The van der Waals surface area contributed by atoms with E-state index in [2.05, 4.69) is 15.3 Å². The maximum Gasteiger partial charge on any atom is 0.416 e. The third-order valence-electron chi connectivity index (χ3n) is 4.72. The van der Waals surface area contributed by atoms with Crippen molar-refractivity contribution in [1.29, 1.82) is 0 Å². The zero-order chi connectivity index (χ0) is 23.3. The number of halogens is 4. The van der Waals surface area contributed by atoms with E-state index in [1.807, 2.05) is 13.0 Å². The molecule has 0 radical (unpaired) electrons. The highest BCUT2D eigenvalue weighted by molar-refractivity contribution is 6.32. The van der Waals surface area contributed by atoms with Crippen LogP contribution in [0.5, 0.6) is 11.6 Å². The predicted molar refractivity (Wildman–Crippen MR) is 116 cm³/mol. The van der Waals surface area contributed by atoms with E-state index in [1.165, 1.54) is 18.5 Å². The molecular weight excluding hydrogens is 443 g/mol. The van der Waals surface area contributed by atoms with Gasteiger partial charge in [-0.05, 0) is 35.2 Å². The molecule has 0 bridgehead atoms. The average molecular weight is 464 g/mol. The number of carbonyl (C=O) groups is 1. The van der Waals surface area contributed by atoms with Crippen LogP contribution in [0.15, 0.2) is 48.8 Å². The second-order valence-electron chi connectivity index (χ2n) is 7.10. The third kappa shape index (κ3) is 5.97. The number of Topliss-reactive ketones (excluding diaryl/α,β-unsaturated/α-hetero) is 1. The van der Waals surface area contributed by atoms with Gasteiger partial charge in [0.25, 0.3) is 0 Å². The van der Waals surface area contributed by atoms with Crippen molar-refractivity contribution in [3.8, 4) is 11.6 Å². The second kappa shape index (κ2) is 9.99. The van der Waals surface area contributed by atoms with Gasteiger partial charge >= 0.3 is 6.18 Å². The van der Waals surface area contributed by atoms with E-state index in [0.717, 1.165) is 17.7 Å². The van der Waals surface area contributed by atoms with Crippen molar-refractivity contribution in [1.82, 2.24) is 9.97 Å². The molecule has 0 aliphatic heterocycles. The van der Waals surface area contributed by atoms with Crippen molar-refractivity contribution < 1.29 is 22.7 Å². The van der Waals surface area contributed by atoms with Crippen LogP contribution in [-0.4, -0.2) is 22.8 Å². The summed E-state index contributed by atoms with van der Waals surface area (Å²) in [4.78, 5) is 20.6. The summed E-state index contributed by atoms with van der Waals surface area (Å²) in [5.74, 6) is 1.12. The van der Waals surface area contributed by atoms with Gasteiger partial charge in [-0.2, -0.15) is 13.2 Å². The number of aromatic nitrogens is 2. The van der Waals surface area contributed by atoms with Gasteiger partial charge in [0.2, 0.25) is 5.88 Å². The van der Waals surface area contributed by atoms with Gasteiger partial charge in [-0.25, -0.2) is 9.97 Å². The lowest BCUT2D eigenvalue weighted by molar-refractivity contribution is -0.137. The molecule has 0 spiro atoms. The maximum absolute atomic E-state index is 12.9.